The second-order valence-electron chi connectivity index (χ2n) is 6.44. The van der Waals surface area contributed by atoms with E-state index in [1.807, 2.05) is 19.1 Å². The quantitative estimate of drug-likeness (QED) is 0.421. The molecule has 0 unspecified atom stereocenters. The zero-order chi connectivity index (χ0) is 18.6. The summed E-state index contributed by atoms with van der Waals surface area (Å²) in [7, 11) is 0. The van der Waals surface area contributed by atoms with Crippen LogP contribution in [0.3, 0.4) is 0 Å². The van der Waals surface area contributed by atoms with Crippen LogP contribution in [0, 0.1) is 0 Å². The SMILES string of the molecule is CCCCN=C(NCCc1ccco1)NC1CCN(C(=O)OCC)CC1. The summed E-state index contributed by atoms with van der Waals surface area (Å²) >= 11 is 0. The van der Waals surface area contributed by atoms with E-state index >= 15 is 0 Å². The highest BCUT2D eigenvalue weighted by Crippen LogP contribution is 2.11. The first-order valence-corrected chi connectivity index (χ1v) is 9.71. The lowest BCUT2D eigenvalue weighted by Gasteiger charge is -2.32. The van der Waals surface area contributed by atoms with E-state index in [1.165, 1.54) is 0 Å². The van der Waals surface area contributed by atoms with Crippen LogP contribution in [-0.2, 0) is 11.2 Å². The minimum absolute atomic E-state index is 0.209. The summed E-state index contributed by atoms with van der Waals surface area (Å²) in [5, 5.41) is 6.91. The standard InChI is InChI=1S/C19H32N4O3/c1-3-5-11-20-18(21-12-8-17-7-6-15-26-17)22-16-9-13-23(14-10-16)19(24)25-4-2/h6-7,15-16H,3-5,8-14H2,1-2H3,(H2,20,21,22). The maximum absolute atomic E-state index is 11.8. The highest BCUT2D eigenvalue weighted by molar-refractivity contribution is 5.80. The van der Waals surface area contributed by atoms with Gasteiger partial charge in [0.2, 0.25) is 0 Å². The van der Waals surface area contributed by atoms with Crippen LogP contribution >= 0.6 is 0 Å². The molecule has 1 aliphatic heterocycles. The number of unbranched alkanes of at least 4 members (excludes halogenated alkanes) is 1. The van der Waals surface area contributed by atoms with Crippen LogP contribution in [0.25, 0.3) is 0 Å². The number of guanidine groups is 1. The van der Waals surface area contributed by atoms with Crippen molar-refractivity contribution in [2.75, 3.05) is 32.8 Å². The molecule has 7 nitrogen and oxygen atoms in total. The van der Waals surface area contributed by atoms with Crippen molar-refractivity contribution in [2.24, 2.45) is 4.99 Å². The summed E-state index contributed by atoms with van der Waals surface area (Å²) in [5.74, 6) is 1.81. The molecule has 1 aromatic rings. The normalized spacial score (nSPS) is 15.8. The molecule has 146 valence electrons. The summed E-state index contributed by atoms with van der Waals surface area (Å²) in [6, 6.07) is 4.20. The lowest BCUT2D eigenvalue weighted by Crippen LogP contribution is -2.50. The van der Waals surface area contributed by atoms with Gasteiger partial charge in [0, 0.05) is 38.6 Å². The predicted molar refractivity (Wildman–Crippen MR) is 102 cm³/mol. The van der Waals surface area contributed by atoms with Crippen LogP contribution in [0.5, 0.6) is 0 Å². The molecule has 1 fully saturated rings. The molecule has 0 bridgehead atoms. The average Bonchev–Trinajstić information content (AvgIpc) is 3.16. The van der Waals surface area contributed by atoms with E-state index in [2.05, 4.69) is 22.5 Å². The highest BCUT2D eigenvalue weighted by Gasteiger charge is 2.24. The molecule has 2 N–H and O–H groups in total. The Morgan fingerprint density at radius 3 is 2.85 bits per heavy atom. The Morgan fingerprint density at radius 2 is 2.19 bits per heavy atom. The third-order valence-electron chi connectivity index (χ3n) is 4.39. The van der Waals surface area contributed by atoms with Crippen molar-refractivity contribution in [3.05, 3.63) is 24.2 Å². The van der Waals surface area contributed by atoms with Gasteiger partial charge in [0.05, 0.1) is 12.9 Å². The predicted octanol–water partition coefficient (Wildman–Crippen LogP) is 2.78. The Morgan fingerprint density at radius 1 is 1.38 bits per heavy atom. The maximum atomic E-state index is 11.8. The number of carbonyl (C=O) groups is 1. The van der Waals surface area contributed by atoms with Crippen molar-refractivity contribution < 1.29 is 13.9 Å². The van der Waals surface area contributed by atoms with E-state index in [4.69, 9.17) is 9.15 Å². The van der Waals surface area contributed by atoms with Gasteiger partial charge >= 0.3 is 6.09 Å². The average molecular weight is 364 g/mol. The lowest BCUT2D eigenvalue weighted by atomic mass is 10.1. The third-order valence-corrected chi connectivity index (χ3v) is 4.39. The van der Waals surface area contributed by atoms with E-state index < -0.39 is 0 Å². The Bertz CT molecular complexity index is 537. The van der Waals surface area contributed by atoms with Gasteiger partial charge in [-0.05, 0) is 38.3 Å². The van der Waals surface area contributed by atoms with Crippen LogP contribution < -0.4 is 10.6 Å². The van der Waals surface area contributed by atoms with E-state index in [0.717, 1.165) is 56.9 Å². The molecule has 1 aromatic heterocycles. The fraction of sp³-hybridized carbons (Fsp3) is 0.684. The van der Waals surface area contributed by atoms with Gasteiger partial charge in [0.1, 0.15) is 5.76 Å². The van der Waals surface area contributed by atoms with Crippen molar-refractivity contribution in [3.8, 4) is 0 Å². The molecule has 1 aliphatic rings. The first kappa shape index (κ1) is 20.1. The van der Waals surface area contributed by atoms with Gasteiger partial charge in [-0.25, -0.2) is 4.79 Å². The molecule has 2 rings (SSSR count). The Kier molecular flexibility index (Phi) is 8.86. The van der Waals surface area contributed by atoms with Gasteiger partial charge in [0.25, 0.3) is 0 Å². The smallest absolute Gasteiger partial charge is 0.409 e. The minimum Gasteiger partial charge on any atom is -0.469 e. The van der Waals surface area contributed by atoms with Crippen LogP contribution in [0.4, 0.5) is 4.79 Å². The van der Waals surface area contributed by atoms with Crippen LogP contribution in [0.2, 0.25) is 0 Å². The van der Waals surface area contributed by atoms with Crippen molar-refractivity contribution >= 4 is 12.1 Å². The molecule has 0 radical (unpaired) electrons. The number of piperidine rings is 1. The summed E-state index contributed by atoms with van der Waals surface area (Å²) in [5.41, 5.74) is 0. The number of ether oxygens (including phenoxy) is 1. The third kappa shape index (κ3) is 6.98. The van der Waals surface area contributed by atoms with Crippen molar-refractivity contribution in [1.82, 2.24) is 15.5 Å². The Hall–Kier alpha value is -2.18. The van der Waals surface area contributed by atoms with Crippen molar-refractivity contribution in [1.29, 1.82) is 0 Å². The van der Waals surface area contributed by atoms with E-state index in [1.54, 1.807) is 11.2 Å². The van der Waals surface area contributed by atoms with Crippen LogP contribution in [-0.4, -0.2) is 55.8 Å². The zero-order valence-electron chi connectivity index (χ0n) is 16.0. The van der Waals surface area contributed by atoms with Gasteiger partial charge in [-0.1, -0.05) is 13.3 Å². The zero-order valence-corrected chi connectivity index (χ0v) is 16.0. The molecule has 0 saturated carbocycles. The number of hydrogen-bond donors (Lipinski definition) is 2. The molecule has 0 aromatic carbocycles. The minimum atomic E-state index is -0.209. The lowest BCUT2D eigenvalue weighted by molar-refractivity contribution is 0.0963. The molecule has 7 heteroatoms. The molecular formula is C19H32N4O3. The molecular weight excluding hydrogens is 332 g/mol. The monoisotopic (exact) mass is 364 g/mol. The van der Waals surface area contributed by atoms with Crippen molar-refractivity contribution in [2.45, 2.75) is 52.0 Å². The second-order valence-corrected chi connectivity index (χ2v) is 6.44. The van der Waals surface area contributed by atoms with Crippen LogP contribution in [0.15, 0.2) is 27.8 Å². The number of nitrogens with one attached hydrogen (secondary N) is 2. The largest absolute Gasteiger partial charge is 0.469 e. The van der Waals surface area contributed by atoms with E-state index in [9.17, 15) is 4.79 Å². The topological polar surface area (TPSA) is 79.1 Å². The molecule has 0 atom stereocenters. The van der Waals surface area contributed by atoms with Crippen molar-refractivity contribution in [3.63, 3.8) is 0 Å². The summed E-state index contributed by atoms with van der Waals surface area (Å²) in [6.45, 7) is 7.43. The van der Waals surface area contributed by atoms with Gasteiger partial charge in [-0.2, -0.15) is 0 Å². The first-order valence-electron chi connectivity index (χ1n) is 9.71. The van der Waals surface area contributed by atoms with Crippen LogP contribution in [0.1, 0.15) is 45.3 Å². The number of furan rings is 1. The summed E-state index contributed by atoms with van der Waals surface area (Å²) < 4.78 is 10.4. The summed E-state index contributed by atoms with van der Waals surface area (Å²) in [4.78, 5) is 18.2. The molecule has 0 aliphatic carbocycles. The first-order chi connectivity index (χ1) is 12.7. The number of amides is 1. The van der Waals surface area contributed by atoms with Gasteiger partial charge < -0.3 is 24.7 Å². The fourth-order valence-electron chi connectivity index (χ4n) is 2.87. The van der Waals surface area contributed by atoms with Gasteiger partial charge in [0.15, 0.2) is 5.96 Å². The molecule has 1 amide bonds. The van der Waals surface area contributed by atoms with E-state index in [-0.39, 0.29) is 6.09 Å². The molecule has 2 heterocycles. The molecule has 1 saturated heterocycles. The van der Waals surface area contributed by atoms with E-state index in [0.29, 0.717) is 25.7 Å². The number of hydrogen-bond acceptors (Lipinski definition) is 4. The number of carbonyl (C=O) groups excluding carboxylic acids is 1. The Labute approximate surface area is 156 Å². The number of aliphatic imine (C=N–C) groups is 1. The maximum Gasteiger partial charge on any atom is 0.409 e. The Balaban J connectivity index is 1.78. The molecule has 26 heavy (non-hydrogen) atoms. The highest BCUT2D eigenvalue weighted by atomic mass is 16.6. The van der Waals surface area contributed by atoms with Gasteiger partial charge in [-0.15, -0.1) is 0 Å². The number of likely N-dealkylation sites (tertiary alicyclic amines) is 1. The number of nitrogens with zero attached hydrogens (tertiary/aromatic N) is 2. The summed E-state index contributed by atoms with van der Waals surface area (Å²) in [6.07, 6.45) is 6.30. The molecule has 0 spiro atoms. The van der Waals surface area contributed by atoms with Gasteiger partial charge in [-0.3, -0.25) is 4.99 Å². The fourth-order valence-corrected chi connectivity index (χ4v) is 2.87. The number of rotatable bonds is 8. The second kappa shape index (κ2) is 11.4.